The third-order valence-electron chi connectivity index (χ3n) is 14.3. The van der Waals surface area contributed by atoms with E-state index in [9.17, 15) is 34.8 Å². The fraction of sp³-hybridized carbons (Fsp3) is 0.821. The first-order valence-corrected chi connectivity index (χ1v) is 18.4. The fourth-order valence-electron chi connectivity index (χ4n) is 11.0. The zero-order valence-electron chi connectivity index (χ0n) is 30.8. The van der Waals surface area contributed by atoms with Crippen molar-refractivity contribution in [3.05, 3.63) is 23.3 Å². The lowest BCUT2D eigenvalue weighted by molar-refractivity contribution is -0.294. The van der Waals surface area contributed by atoms with Crippen molar-refractivity contribution in [3.8, 4) is 0 Å². The van der Waals surface area contributed by atoms with Crippen LogP contribution < -0.4 is 0 Å². The van der Waals surface area contributed by atoms with E-state index in [2.05, 4.69) is 41.2 Å². The van der Waals surface area contributed by atoms with E-state index in [-0.39, 0.29) is 17.3 Å². The van der Waals surface area contributed by atoms with Crippen molar-refractivity contribution in [3.63, 3.8) is 0 Å². The van der Waals surface area contributed by atoms with Gasteiger partial charge in [0.2, 0.25) is 6.29 Å². The number of aliphatic hydroxyl groups excluding tert-OH is 4. The molecule has 0 bridgehead atoms. The standard InChI is InChI=1S/C39H60O10/c1-20(2)21(3)10-11-23(34(46)49-35-33(45)32(44)31(43)27(19-40)48-35)30-26(47-22(4)41)18-39(9)25-12-13-28-36(5,6)29(42)15-16-37(28,7)24(25)14-17-38(30,39)8/h20,23,26-28,30-33,35,40,43-45H,3,10-19H2,1-2,4-9H3/t23-,26-,27-,28?,30+,31-,32+,33-,35+,37-,38-,39+/m1/s1. The van der Waals surface area contributed by atoms with Gasteiger partial charge in [0.05, 0.1) is 12.5 Å². The molecule has 0 radical (unpaired) electrons. The van der Waals surface area contributed by atoms with Gasteiger partial charge < -0.3 is 34.6 Å². The number of hydrogen-bond acceptors (Lipinski definition) is 10. The minimum atomic E-state index is -1.73. The molecule has 0 aromatic rings. The molecule has 276 valence electrons. The first-order valence-electron chi connectivity index (χ1n) is 18.4. The van der Waals surface area contributed by atoms with E-state index < -0.39 is 83.4 Å². The number of ketones is 1. The van der Waals surface area contributed by atoms with Gasteiger partial charge >= 0.3 is 11.9 Å². The van der Waals surface area contributed by atoms with Gasteiger partial charge in [-0.05, 0) is 79.4 Å². The van der Waals surface area contributed by atoms with Gasteiger partial charge in [0.15, 0.2) is 0 Å². The summed E-state index contributed by atoms with van der Waals surface area (Å²) in [7, 11) is 0. The summed E-state index contributed by atoms with van der Waals surface area (Å²) in [5, 5.41) is 41.2. The van der Waals surface area contributed by atoms with Crippen molar-refractivity contribution in [2.75, 3.05) is 6.61 Å². The molecular weight excluding hydrogens is 628 g/mol. The number of carbonyl (C=O) groups is 3. The van der Waals surface area contributed by atoms with Crippen molar-refractivity contribution in [2.24, 2.45) is 45.3 Å². The first kappa shape index (κ1) is 38.1. The number of hydrogen-bond donors (Lipinski definition) is 4. The molecule has 0 aromatic heterocycles. The van der Waals surface area contributed by atoms with Crippen molar-refractivity contribution < 1.29 is 49.0 Å². The Morgan fingerprint density at radius 3 is 2.24 bits per heavy atom. The molecule has 1 aliphatic heterocycles. The number of rotatable bonds is 9. The van der Waals surface area contributed by atoms with Gasteiger partial charge in [-0.2, -0.15) is 0 Å². The second-order valence-electron chi connectivity index (χ2n) is 17.3. The molecule has 4 N–H and O–H groups in total. The normalized spacial score (nSPS) is 42.2. The van der Waals surface area contributed by atoms with Crippen LogP contribution in [0.1, 0.15) is 113 Å². The van der Waals surface area contributed by atoms with Crippen LogP contribution in [0.2, 0.25) is 0 Å². The van der Waals surface area contributed by atoms with Crippen LogP contribution in [0, 0.1) is 45.3 Å². The van der Waals surface area contributed by atoms with Crippen LogP contribution in [0.3, 0.4) is 0 Å². The van der Waals surface area contributed by atoms with E-state index in [0.717, 1.165) is 37.7 Å². The minimum Gasteiger partial charge on any atom is -0.462 e. The average Bonchev–Trinajstić information content (AvgIpc) is 3.25. The Morgan fingerprint density at radius 2 is 1.63 bits per heavy atom. The maximum atomic E-state index is 14.5. The molecule has 0 spiro atoms. The predicted molar refractivity (Wildman–Crippen MR) is 182 cm³/mol. The number of Topliss-reactive ketones (excluding diaryl/α,β-unsaturated/α-hetero) is 1. The molecule has 5 aliphatic rings. The molecule has 12 atom stereocenters. The smallest absolute Gasteiger partial charge is 0.311 e. The van der Waals surface area contributed by atoms with Gasteiger partial charge in [-0.25, -0.2) is 0 Å². The Labute approximate surface area is 291 Å². The Hall–Kier alpha value is -2.11. The van der Waals surface area contributed by atoms with E-state index in [1.165, 1.54) is 18.1 Å². The SMILES string of the molecule is C=C(CC[C@@H](C(=O)O[C@@H]1O[C@H](CO)[C@@H](O)[C@H](O)[C@H]1O)[C@H]1[C@H](OC(C)=O)C[C@@]2(C)C3=C(CC[C@]12C)[C@@]1(C)CCC(=O)C(C)(C)C1CC3)C(C)C. The van der Waals surface area contributed by atoms with Gasteiger partial charge in [0.1, 0.15) is 36.3 Å². The number of esters is 2. The first-order chi connectivity index (χ1) is 22.7. The van der Waals surface area contributed by atoms with Crippen LogP contribution in [0.4, 0.5) is 0 Å². The monoisotopic (exact) mass is 688 g/mol. The van der Waals surface area contributed by atoms with Crippen LogP contribution >= 0.6 is 0 Å². The number of fused-ring (bicyclic) bond motifs is 4. The molecule has 3 fully saturated rings. The number of allylic oxidation sites excluding steroid dienone is 3. The highest BCUT2D eigenvalue weighted by molar-refractivity contribution is 5.86. The van der Waals surface area contributed by atoms with Gasteiger partial charge in [-0.3, -0.25) is 14.4 Å². The topological polar surface area (TPSA) is 160 Å². The number of ether oxygens (including phenoxy) is 3. The lowest BCUT2D eigenvalue weighted by atomic mass is 9.43. The van der Waals surface area contributed by atoms with E-state index in [0.29, 0.717) is 31.5 Å². The summed E-state index contributed by atoms with van der Waals surface area (Å²) in [6.45, 7) is 20.2. The molecule has 49 heavy (non-hydrogen) atoms. The van der Waals surface area contributed by atoms with Gasteiger partial charge in [0.25, 0.3) is 0 Å². The molecule has 0 aromatic carbocycles. The highest BCUT2D eigenvalue weighted by Gasteiger charge is 2.68. The fourth-order valence-corrected chi connectivity index (χ4v) is 11.0. The largest absolute Gasteiger partial charge is 0.462 e. The summed E-state index contributed by atoms with van der Waals surface area (Å²) >= 11 is 0. The van der Waals surface area contributed by atoms with Crippen molar-refractivity contribution in [2.45, 2.75) is 150 Å². The van der Waals surface area contributed by atoms with Crippen LogP contribution in [-0.2, 0) is 28.6 Å². The van der Waals surface area contributed by atoms with Crippen molar-refractivity contribution in [1.29, 1.82) is 0 Å². The van der Waals surface area contributed by atoms with E-state index >= 15 is 0 Å². The van der Waals surface area contributed by atoms with Crippen molar-refractivity contribution in [1.82, 2.24) is 0 Å². The van der Waals surface area contributed by atoms with Crippen molar-refractivity contribution >= 4 is 17.7 Å². The van der Waals surface area contributed by atoms with Gasteiger partial charge in [-0.1, -0.05) is 71.8 Å². The average molecular weight is 689 g/mol. The molecule has 1 unspecified atom stereocenters. The lowest BCUT2D eigenvalue weighted by Crippen LogP contribution is -2.60. The molecule has 1 heterocycles. The van der Waals surface area contributed by atoms with Gasteiger partial charge in [0, 0.05) is 24.7 Å². The number of carbonyl (C=O) groups excluding carboxylic acids is 3. The lowest BCUT2D eigenvalue weighted by Gasteiger charge is -2.60. The van der Waals surface area contributed by atoms with Crippen LogP contribution in [0.15, 0.2) is 23.3 Å². The van der Waals surface area contributed by atoms with E-state index in [1.807, 2.05) is 13.8 Å². The molecule has 5 rings (SSSR count). The summed E-state index contributed by atoms with van der Waals surface area (Å²) in [6.07, 6.45) is -2.26. The quantitative estimate of drug-likeness (QED) is 0.196. The second kappa shape index (κ2) is 13.5. The maximum Gasteiger partial charge on any atom is 0.311 e. The van der Waals surface area contributed by atoms with E-state index in [1.54, 1.807) is 0 Å². The number of aliphatic hydroxyl groups is 4. The predicted octanol–water partition coefficient (Wildman–Crippen LogP) is 4.80. The summed E-state index contributed by atoms with van der Waals surface area (Å²) in [5.41, 5.74) is 2.41. The summed E-state index contributed by atoms with van der Waals surface area (Å²) in [5.74, 6) is -1.53. The summed E-state index contributed by atoms with van der Waals surface area (Å²) in [4.78, 5) is 40.3. The second-order valence-corrected chi connectivity index (χ2v) is 17.3. The Morgan fingerprint density at radius 1 is 0.959 bits per heavy atom. The maximum absolute atomic E-state index is 14.5. The molecular formula is C39H60O10. The highest BCUT2D eigenvalue weighted by Crippen LogP contribution is 2.72. The van der Waals surface area contributed by atoms with Crippen LogP contribution in [0.5, 0.6) is 0 Å². The third kappa shape index (κ3) is 6.15. The summed E-state index contributed by atoms with van der Waals surface area (Å²) < 4.78 is 17.6. The molecule has 4 aliphatic carbocycles. The zero-order valence-corrected chi connectivity index (χ0v) is 30.8. The Balaban J connectivity index is 1.56. The highest BCUT2D eigenvalue weighted by atomic mass is 16.7. The zero-order chi connectivity index (χ0) is 36.4. The van der Waals surface area contributed by atoms with Crippen LogP contribution in [-0.4, -0.2) is 81.6 Å². The Kier molecular flexibility index (Phi) is 10.5. The van der Waals surface area contributed by atoms with E-state index in [4.69, 9.17) is 14.2 Å². The minimum absolute atomic E-state index is 0.110. The van der Waals surface area contributed by atoms with Gasteiger partial charge in [-0.15, -0.1) is 0 Å². The molecule has 2 saturated carbocycles. The van der Waals surface area contributed by atoms with Crippen LogP contribution in [0.25, 0.3) is 0 Å². The molecule has 1 saturated heterocycles. The molecule has 10 nitrogen and oxygen atoms in total. The Bertz CT molecular complexity index is 1360. The molecule has 10 heteroatoms. The molecule has 0 amide bonds. The third-order valence-corrected chi connectivity index (χ3v) is 14.3. The summed E-state index contributed by atoms with van der Waals surface area (Å²) in [6, 6.07) is 0.